The average Bonchev–Trinajstić information content (AvgIpc) is 3.47. The molecule has 4 nitrogen and oxygen atoms in total. The average molecular weight is 1160 g/mol. The molecule has 0 amide bonds. The van der Waals surface area contributed by atoms with Gasteiger partial charge in [-0.05, 0) is 19.3 Å². The SMILES string of the molecule is CCCCCCCCCCCCCCCCCCCCCCCCCCCC(=O)O.CCCCCCCCCCCCCCCCCCCCCCCCCCCCCCOC(=O)CCCCCCCCCCCCCCCCCCC. The minimum atomic E-state index is -0.649. The third kappa shape index (κ3) is 83.2. The maximum Gasteiger partial charge on any atom is 0.305 e. The van der Waals surface area contributed by atoms with Crippen molar-refractivity contribution in [2.75, 3.05) is 6.61 Å². The molecule has 4 heteroatoms. The summed E-state index contributed by atoms with van der Waals surface area (Å²) < 4.78 is 5.49. The number of esters is 1. The largest absolute Gasteiger partial charge is 0.481 e. The molecule has 0 rings (SSSR count). The molecule has 0 spiro atoms. The normalized spacial score (nSPS) is 11.4. The lowest BCUT2D eigenvalue weighted by Crippen LogP contribution is -2.05. The van der Waals surface area contributed by atoms with Gasteiger partial charge >= 0.3 is 11.9 Å². The van der Waals surface area contributed by atoms with Gasteiger partial charge in [0.25, 0.3) is 0 Å². The summed E-state index contributed by atoms with van der Waals surface area (Å²) >= 11 is 0. The highest BCUT2D eigenvalue weighted by Crippen LogP contribution is 2.20. The third-order valence-electron chi connectivity index (χ3n) is 18.2. The molecule has 0 radical (unpaired) electrons. The minimum absolute atomic E-state index is 0.0333. The second-order valence-electron chi connectivity index (χ2n) is 26.8. The van der Waals surface area contributed by atoms with E-state index in [4.69, 9.17) is 9.84 Å². The van der Waals surface area contributed by atoms with Crippen LogP contribution in [0.25, 0.3) is 0 Å². The Labute approximate surface area is 518 Å². The van der Waals surface area contributed by atoms with Crippen LogP contribution in [0, 0.1) is 0 Å². The molecule has 0 bridgehead atoms. The van der Waals surface area contributed by atoms with E-state index in [1.165, 1.54) is 424 Å². The number of carbonyl (C=O) groups excluding carboxylic acids is 1. The van der Waals surface area contributed by atoms with Crippen molar-refractivity contribution < 1.29 is 19.4 Å². The summed E-state index contributed by atoms with van der Waals surface area (Å²) in [4.78, 5) is 22.5. The number of hydrogen-bond donors (Lipinski definition) is 1. The predicted molar refractivity (Wildman–Crippen MR) is 368 cm³/mol. The standard InChI is InChI=1S/C50H100O2.C28H56O2/c1-3-5-7-9-11-13-15-17-19-21-22-23-24-25-26-27-28-29-30-31-33-35-37-39-41-43-45-47-49-52-50(51)48-46-44-42-40-38-36-34-32-20-18-16-14-12-10-8-6-4-2;1-2-3-4-5-6-7-8-9-10-11-12-13-14-15-16-17-18-19-20-21-22-23-24-25-26-27-28(29)30/h3-49H2,1-2H3;2-27H2,1H3,(H,29,30). The fraction of sp³-hybridized carbons (Fsp3) is 0.974. The van der Waals surface area contributed by atoms with Crippen LogP contribution in [0.3, 0.4) is 0 Å². The van der Waals surface area contributed by atoms with Crippen molar-refractivity contribution in [3.05, 3.63) is 0 Å². The van der Waals surface area contributed by atoms with Crippen LogP contribution in [0.2, 0.25) is 0 Å². The lowest BCUT2D eigenvalue weighted by Gasteiger charge is -2.06. The summed E-state index contributed by atoms with van der Waals surface area (Å²) in [5.41, 5.74) is 0. The molecule has 0 aromatic heterocycles. The highest BCUT2D eigenvalue weighted by molar-refractivity contribution is 5.69. The van der Waals surface area contributed by atoms with Crippen LogP contribution in [0.15, 0.2) is 0 Å². The number of carbonyl (C=O) groups is 2. The zero-order valence-corrected chi connectivity index (χ0v) is 57.3. The Bertz CT molecular complexity index is 1120. The maximum absolute atomic E-state index is 12.0. The van der Waals surface area contributed by atoms with Crippen molar-refractivity contribution in [1.82, 2.24) is 0 Å². The van der Waals surface area contributed by atoms with E-state index in [-0.39, 0.29) is 5.97 Å². The summed E-state index contributed by atoms with van der Waals surface area (Å²) in [6, 6.07) is 0. The Balaban J connectivity index is 0. The molecule has 492 valence electrons. The Morgan fingerprint density at radius 1 is 0.195 bits per heavy atom. The van der Waals surface area contributed by atoms with E-state index in [0.717, 1.165) is 25.7 Å². The van der Waals surface area contributed by atoms with Gasteiger partial charge in [-0.3, -0.25) is 9.59 Å². The van der Waals surface area contributed by atoms with E-state index in [0.29, 0.717) is 19.4 Å². The van der Waals surface area contributed by atoms with Gasteiger partial charge in [-0.2, -0.15) is 0 Å². The van der Waals surface area contributed by atoms with E-state index in [1.807, 2.05) is 0 Å². The predicted octanol–water partition coefficient (Wildman–Crippen LogP) is 28.7. The smallest absolute Gasteiger partial charge is 0.305 e. The molecule has 0 aliphatic rings. The number of rotatable bonds is 73. The fourth-order valence-corrected chi connectivity index (χ4v) is 12.4. The summed E-state index contributed by atoms with van der Waals surface area (Å²) in [6.07, 6.45) is 98.9. The first-order valence-corrected chi connectivity index (χ1v) is 39.0. The van der Waals surface area contributed by atoms with E-state index < -0.39 is 5.97 Å². The molecule has 0 fully saturated rings. The third-order valence-corrected chi connectivity index (χ3v) is 18.2. The number of ether oxygens (including phenoxy) is 1. The molecule has 0 atom stereocenters. The molecular weight excluding hydrogens is 1000 g/mol. The van der Waals surface area contributed by atoms with Crippen molar-refractivity contribution in [1.29, 1.82) is 0 Å². The molecule has 0 aromatic rings. The number of unbranched alkanes of at least 4 members (excludes halogenated alkanes) is 67. The van der Waals surface area contributed by atoms with E-state index >= 15 is 0 Å². The van der Waals surface area contributed by atoms with Crippen molar-refractivity contribution in [2.45, 2.75) is 483 Å². The van der Waals surface area contributed by atoms with E-state index in [1.54, 1.807) is 0 Å². The Morgan fingerprint density at radius 3 is 0.488 bits per heavy atom. The lowest BCUT2D eigenvalue weighted by molar-refractivity contribution is -0.144. The molecule has 0 saturated heterocycles. The molecule has 1 N–H and O–H groups in total. The second-order valence-corrected chi connectivity index (χ2v) is 26.8. The maximum atomic E-state index is 12.0. The van der Waals surface area contributed by atoms with Crippen molar-refractivity contribution in [2.24, 2.45) is 0 Å². The van der Waals surface area contributed by atoms with Crippen LogP contribution in [0.5, 0.6) is 0 Å². The highest BCUT2D eigenvalue weighted by atomic mass is 16.5. The molecule has 0 aliphatic carbocycles. The van der Waals surface area contributed by atoms with Gasteiger partial charge < -0.3 is 9.84 Å². The summed E-state index contributed by atoms with van der Waals surface area (Å²) in [7, 11) is 0. The first kappa shape index (κ1) is 83.0. The highest BCUT2D eigenvalue weighted by Gasteiger charge is 2.04. The van der Waals surface area contributed by atoms with E-state index in [2.05, 4.69) is 20.8 Å². The molecule has 0 saturated carbocycles. The van der Waals surface area contributed by atoms with Crippen LogP contribution in [-0.2, 0) is 14.3 Å². The van der Waals surface area contributed by atoms with Crippen molar-refractivity contribution in [3.63, 3.8) is 0 Å². The van der Waals surface area contributed by atoms with Gasteiger partial charge in [0.2, 0.25) is 0 Å². The molecule has 0 heterocycles. The van der Waals surface area contributed by atoms with Gasteiger partial charge in [0, 0.05) is 12.8 Å². The van der Waals surface area contributed by atoms with Crippen molar-refractivity contribution in [3.8, 4) is 0 Å². The minimum Gasteiger partial charge on any atom is -0.481 e. The number of carboxylic acids is 1. The molecule has 0 unspecified atom stereocenters. The number of hydrogen-bond acceptors (Lipinski definition) is 3. The van der Waals surface area contributed by atoms with Gasteiger partial charge in [0.1, 0.15) is 0 Å². The topological polar surface area (TPSA) is 63.6 Å². The first-order valence-electron chi connectivity index (χ1n) is 39.0. The van der Waals surface area contributed by atoms with Gasteiger partial charge in [0.05, 0.1) is 6.61 Å². The molecule has 82 heavy (non-hydrogen) atoms. The van der Waals surface area contributed by atoms with Crippen LogP contribution in [0.4, 0.5) is 0 Å². The van der Waals surface area contributed by atoms with Crippen LogP contribution in [0.1, 0.15) is 483 Å². The first-order chi connectivity index (χ1) is 40.6. The fourth-order valence-electron chi connectivity index (χ4n) is 12.4. The monoisotopic (exact) mass is 1160 g/mol. The number of carboxylic acid groups (broad SMARTS) is 1. The van der Waals surface area contributed by atoms with Gasteiger partial charge in [-0.1, -0.05) is 451 Å². The Kier molecular flexibility index (Phi) is 80.9. The zero-order chi connectivity index (χ0) is 59.5. The van der Waals surface area contributed by atoms with Gasteiger partial charge in [-0.15, -0.1) is 0 Å². The number of aliphatic carboxylic acids is 1. The van der Waals surface area contributed by atoms with Crippen LogP contribution >= 0.6 is 0 Å². The van der Waals surface area contributed by atoms with Gasteiger partial charge in [-0.25, -0.2) is 0 Å². The summed E-state index contributed by atoms with van der Waals surface area (Å²) in [6.45, 7) is 7.53. The lowest BCUT2D eigenvalue weighted by atomic mass is 10.0. The molecule has 0 aromatic carbocycles. The van der Waals surface area contributed by atoms with Crippen molar-refractivity contribution >= 4 is 11.9 Å². The zero-order valence-electron chi connectivity index (χ0n) is 57.3. The quantitative estimate of drug-likeness (QED) is 0.0487. The Hall–Kier alpha value is -1.06. The molecule has 0 aliphatic heterocycles. The van der Waals surface area contributed by atoms with Crippen LogP contribution in [-0.4, -0.2) is 23.7 Å². The Morgan fingerprint density at radius 2 is 0.329 bits per heavy atom. The van der Waals surface area contributed by atoms with E-state index in [9.17, 15) is 9.59 Å². The molecular formula is C78H156O4. The summed E-state index contributed by atoms with van der Waals surface area (Å²) in [5.74, 6) is -0.616. The van der Waals surface area contributed by atoms with Gasteiger partial charge in [0.15, 0.2) is 0 Å². The second kappa shape index (κ2) is 79.9. The van der Waals surface area contributed by atoms with Crippen LogP contribution < -0.4 is 0 Å². The summed E-state index contributed by atoms with van der Waals surface area (Å²) in [5, 5.41) is 8.60.